The highest BCUT2D eigenvalue weighted by Gasteiger charge is 2.32. The molecule has 0 radical (unpaired) electrons. The van der Waals surface area contributed by atoms with Crippen LogP contribution < -0.4 is 16.6 Å². The first-order valence-electron chi connectivity index (χ1n) is 10.4. The zero-order valence-electron chi connectivity index (χ0n) is 16.7. The molecule has 2 saturated carbocycles. The van der Waals surface area contributed by atoms with Crippen LogP contribution in [0.2, 0.25) is 0 Å². The summed E-state index contributed by atoms with van der Waals surface area (Å²) < 4.78 is 2.31. The zero-order chi connectivity index (χ0) is 21.1. The molecule has 2 atom stereocenters. The molecule has 1 aromatic rings. The number of amides is 1. The van der Waals surface area contributed by atoms with Crippen LogP contribution in [0.15, 0.2) is 9.59 Å². The van der Waals surface area contributed by atoms with Gasteiger partial charge in [0, 0.05) is 12.1 Å². The summed E-state index contributed by atoms with van der Waals surface area (Å²) in [4.78, 5) is 49.8. The second-order valence-electron chi connectivity index (χ2n) is 8.32. The highest BCUT2D eigenvalue weighted by molar-refractivity contribution is 5.97. The predicted octanol–water partition coefficient (Wildman–Crippen LogP) is 1.79. The van der Waals surface area contributed by atoms with Gasteiger partial charge in [-0.2, -0.15) is 0 Å². The lowest BCUT2D eigenvalue weighted by molar-refractivity contribution is -0.135. The van der Waals surface area contributed by atoms with E-state index in [0.717, 1.165) is 36.7 Å². The molecule has 0 saturated heterocycles. The van der Waals surface area contributed by atoms with Gasteiger partial charge in [-0.1, -0.05) is 39.0 Å². The molecule has 0 aliphatic heterocycles. The number of nitrogens with zero attached hydrogens (tertiary/aromatic N) is 2. The minimum Gasteiger partial charge on any atom is -0.494 e. The van der Waals surface area contributed by atoms with Crippen molar-refractivity contribution in [2.24, 2.45) is 5.92 Å². The van der Waals surface area contributed by atoms with E-state index in [2.05, 4.69) is 12.2 Å². The monoisotopic (exact) mass is 407 g/mol. The number of carbonyl (C=O) groups is 2. The Morgan fingerprint density at radius 1 is 1.00 bits per heavy atom. The molecule has 160 valence electrons. The van der Waals surface area contributed by atoms with E-state index in [0.29, 0.717) is 31.6 Å². The number of rotatable bonds is 5. The van der Waals surface area contributed by atoms with Crippen LogP contribution in [0.25, 0.3) is 0 Å². The molecule has 3 N–H and O–H groups in total. The zero-order valence-corrected chi connectivity index (χ0v) is 16.7. The van der Waals surface area contributed by atoms with Crippen molar-refractivity contribution in [3.8, 4) is 5.88 Å². The third kappa shape index (κ3) is 4.38. The van der Waals surface area contributed by atoms with E-state index in [4.69, 9.17) is 5.11 Å². The van der Waals surface area contributed by atoms with Gasteiger partial charge in [0.15, 0.2) is 5.56 Å². The van der Waals surface area contributed by atoms with Crippen molar-refractivity contribution < 1.29 is 19.8 Å². The summed E-state index contributed by atoms with van der Waals surface area (Å²) in [6.45, 7) is 1.39. The maximum Gasteiger partial charge on any atom is 0.334 e. The van der Waals surface area contributed by atoms with Crippen LogP contribution >= 0.6 is 0 Å². The summed E-state index contributed by atoms with van der Waals surface area (Å²) in [5.41, 5.74) is -1.97. The Morgan fingerprint density at radius 2 is 1.66 bits per heavy atom. The topological polar surface area (TPSA) is 131 Å². The molecule has 0 spiro atoms. The van der Waals surface area contributed by atoms with Crippen molar-refractivity contribution in [3.05, 3.63) is 26.4 Å². The van der Waals surface area contributed by atoms with Gasteiger partial charge in [0.1, 0.15) is 6.54 Å². The lowest BCUT2D eigenvalue weighted by atomic mass is 9.87. The van der Waals surface area contributed by atoms with Crippen molar-refractivity contribution in [2.45, 2.75) is 76.8 Å². The van der Waals surface area contributed by atoms with Crippen LogP contribution in [-0.2, 0) is 4.79 Å². The molecule has 1 aromatic heterocycles. The van der Waals surface area contributed by atoms with E-state index in [1.807, 2.05) is 0 Å². The third-order valence-electron chi connectivity index (χ3n) is 6.14. The summed E-state index contributed by atoms with van der Waals surface area (Å²) >= 11 is 0. The van der Waals surface area contributed by atoms with Crippen molar-refractivity contribution in [2.75, 3.05) is 6.54 Å². The Balaban J connectivity index is 2.15. The number of hydrogen-bond acceptors (Lipinski definition) is 5. The standard InChI is InChI=1S/C20H29N3O6/c1-12-6-5-9-14(10-12)23-19(28)16(17(26)21-11-15(24)25)18(27)22(20(23)29)13-7-3-2-4-8-13/h12-14,27H,2-11H2,1H3,(H,21,26)(H,24,25). The number of carbonyl (C=O) groups excluding carboxylic acids is 1. The molecular formula is C20H29N3O6. The van der Waals surface area contributed by atoms with Crippen LogP contribution in [0.3, 0.4) is 0 Å². The summed E-state index contributed by atoms with van der Waals surface area (Å²) in [5, 5.41) is 21.7. The third-order valence-corrected chi connectivity index (χ3v) is 6.14. The second kappa shape index (κ2) is 8.84. The van der Waals surface area contributed by atoms with Gasteiger partial charge in [0.05, 0.1) is 0 Å². The Morgan fingerprint density at radius 3 is 2.28 bits per heavy atom. The number of hydrogen-bond donors (Lipinski definition) is 3. The predicted molar refractivity (Wildman–Crippen MR) is 105 cm³/mol. The van der Waals surface area contributed by atoms with Gasteiger partial charge in [-0.05, 0) is 31.6 Å². The van der Waals surface area contributed by atoms with Crippen LogP contribution in [0.1, 0.15) is 87.2 Å². The lowest BCUT2D eigenvalue weighted by Crippen LogP contribution is -2.48. The number of aromatic nitrogens is 2. The van der Waals surface area contributed by atoms with Crippen molar-refractivity contribution in [1.29, 1.82) is 0 Å². The first kappa shape index (κ1) is 21.1. The molecule has 0 bridgehead atoms. The van der Waals surface area contributed by atoms with Crippen molar-refractivity contribution in [3.63, 3.8) is 0 Å². The quantitative estimate of drug-likeness (QED) is 0.682. The molecule has 2 unspecified atom stereocenters. The molecule has 1 heterocycles. The molecule has 0 aromatic carbocycles. The minimum atomic E-state index is -1.26. The highest BCUT2D eigenvalue weighted by atomic mass is 16.4. The fourth-order valence-corrected chi connectivity index (χ4v) is 4.70. The first-order chi connectivity index (χ1) is 13.8. The average molecular weight is 407 g/mol. The smallest absolute Gasteiger partial charge is 0.334 e. The summed E-state index contributed by atoms with van der Waals surface area (Å²) in [5.74, 6) is -2.55. The van der Waals surface area contributed by atoms with Gasteiger partial charge in [0.25, 0.3) is 11.5 Å². The number of carboxylic acid groups (broad SMARTS) is 1. The summed E-state index contributed by atoms with van der Waals surface area (Å²) in [6.07, 6.45) is 7.41. The Bertz CT molecular complexity index is 897. The highest BCUT2D eigenvalue weighted by Crippen LogP contribution is 2.33. The van der Waals surface area contributed by atoms with E-state index in [1.54, 1.807) is 0 Å². The normalized spacial score (nSPS) is 22.9. The van der Waals surface area contributed by atoms with Gasteiger partial charge in [-0.15, -0.1) is 0 Å². The van der Waals surface area contributed by atoms with Crippen LogP contribution in [0.5, 0.6) is 5.88 Å². The van der Waals surface area contributed by atoms with E-state index in [1.165, 1.54) is 4.57 Å². The molecule has 2 aliphatic rings. The second-order valence-corrected chi connectivity index (χ2v) is 8.32. The van der Waals surface area contributed by atoms with Gasteiger partial charge in [-0.3, -0.25) is 23.5 Å². The Labute approximate surface area is 168 Å². The van der Waals surface area contributed by atoms with Crippen LogP contribution in [0, 0.1) is 5.92 Å². The van der Waals surface area contributed by atoms with E-state index in [-0.39, 0.29) is 12.1 Å². The fraction of sp³-hybridized carbons (Fsp3) is 0.700. The molecule has 9 nitrogen and oxygen atoms in total. The molecule has 29 heavy (non-hydrogen) atoms. The van der Waals surface area contributed by atoms with E-state index in [9.17, 15) is 24.3 Å². The molecule has 9 heteroatoms. The lowest BCUT2D eigenvalue weighted by Gasteiger charge is -2.31. The fourth-order valence-electron chi connectivity index (χ4n) is 4.70. The van der Waals surface area contributed by atoms with Gasteiger partial charge in [-0.25, -0.2) is 4.79 Å². The largest absolute Gasteiger partial charge is 0.494 e. The van der Waals surface area contributed by atoms with Gasteiger partial charge >= 0.3 is 11.7 Å². The SMILES string of the molecule is CC1CCCC(n2c(=O)c(C(=O)NCC(=O)O)c(O)n(C3CCCCC3)c2=O)C1. The molecule has 1 amide bonds. The number of carboxylic acids is 1. The Kier molecular flexibility index (Phi) is 6.44. The summed E-state index contributed by atoms with van der Waals surface area (Å²) in [6, 6.07) is -0.615. The number of aromatic hydroxyl groups is 1. The minimum absolute atomic E-state index is 0.282. The van der Waals surface area contributed by atoms with Crippen LogP contribution in [0.4, 0.5) is 0 Å². The first-order valence-corrected chi connectivity index (χ1v) is 10.4. The van der Waals surface area contributed by atoms with E-state index >= 15 is 0 Å². The van der Waals surface area contributed by atoms with Crippen molar-refractivity contribution >= 4 is 11.9 Å². The maximum atomic E-state index is 13.3. The van der Waals surface area contributed by atoms with E-state index < -0.39 is 41.1 Å². The number of nitrogens with one attached hydrogen (secondary N) is 1. The van der Waals surface area contributed by atoms with Crippen LogP contribution in [-0.4, -0.2) is 37.8 Å². The average Bonchev–Trinajstić information content (AvgIpc) is 2.67. The van der Waals surface area contributed by atoms with Crippen molar-refractivity contribution in [1.82, 2.24) is 14.5 Å². The van der Waals surface area contributed by atoms with Gasteiger partial charge in [0.2, 0.25) is 5.88 Å². The maximum absolute atomic E-state index is 13.3. The Hall–Kier alpha value is -2.58. The number of aliphatic carboxylic acids is 1. The summed E-state index contributed by atoms with van der Waals surface area (Å²) in [7, 11) is 0. The molecule has 2 fully saturated rings. The molecular weight excluding hydrogens is 378 g/mol. The molecule has 3 rings (SSSR count). The molecule has 2 aliphatic carbocycles. The van der Waals surface area contributed by atoms with Gasteiger partial charge < -0.3 is 15.5 Å².